The summed E-state index contributed by atoms with van der Waals surface area (Å²) in [6.45, 7) is 13.9. The van der Waals surface area contributed by atoms with Crippen LogP contribution in [0.15, 0.2) is 70.3 Å². The quantitative estimate of drug-likeness (QED) is 0.368. The maximum atomic E-state index is 13.7. The van der Waals surface area contributed by atoms with Crippen molar-refractivity contribution in [2.24, 2.45) is 0 Å². The van der Waals surface area contributed by atoms with Crippen molar-refractivity contribution in [3.63, 3.8) is 0 Å². The Labute approximate surface area is 249 Å². The minimum Gasteiger partial charge on any atom is -0.444 e. The van der Waals surface area contributed by atoms with Crippen molar-refractivity contribution in [3.8, 4) is 0 Å². The van der Waals surface area contributed by atoms with Crippen molar-refractivity contribution in [3.05, 3.63) is 93.9 Å². The maximum absolute atomic E-state index is 13.7. The van der Waals surface area contributed by atoms with Crippen LogP contribution in [0.2, 0.25) is 0 Å². The summed E-state index contributed by atoms with van der Waals surface area (Å²) in [5.41, 5.74) is 1.60. The summed E-state index contributed by atoms with van der Waals surface area (Å²) in [5, 5.41) is 17.6. The van der Waals surface area contributed by atoms with Crippen molar-refractivity contribution in [2.75, 3.05) is 6.54 Å². The van der Waals surface area contributed by atoms with Crippen molar-refractivity contribution >= 4 is 28.9 Å². The minimum atomic E-state index is -1.07. The monoisotopic (exact) mass is 588 g/mol. The number of thiazole rings is 1. The van der Waals surface area contributed by atoms with Gasteiger partial charge in [0.25, 0.3) is 5.91 Å². The predicted molar refractivity (Wildman–Crippen MR) is 160 cm³/mol. The molecule has 220 valence electrons. The normalized spacial score (nSPS) is 18.5. The lowest BCUT2D eigenvalue weighted by Gasteiger charge is -2.29. The molecule has 3 aromatic rings. The van der Waals surface area contributed by atoms with Gasteiger partial charge in [0.15, 0.2) is 0 Å². The number of ether oxygens (including phenoxy) is 1. The largest absolute Gasteiger partial charge is 0.444 e. The number of benzene rings is 1. The first-order chi connectivity index (χ1) is 19.9. The molecule has 0 bridgehead atoms. The Hall–Kier alpha value is -4.25. The second kappa shape index (κ2) is 11.6. The number of hydrogen-bond acceptors (Lipinski definition) is 9. The highest BCUT2D eigenvalue weighted by Crippen LogP contribution is 2.35. The van der Waals surface area contributed by atoms with E-state index in [4.69, 9.17) is 9.15 Å². The van der Waals surface area contributed by atoms with E-state index in [0.29, 0.717) is 29.9 Å². The van der Waals surface area contributed by atoms with Gasteiger partial charge in [0.1, 0.15) is 21.8 Å². The first-order valence-corrected chi connectivity index (χ1v) is 14.8. The summed E-state index contributed by atoms with van der Waals surface area (Å²) in [5.74, 6) is 0.270. The SMILES string of the molecule is C=C1C=C(c2nnc(C(C)(Cc3ccccc3)NC(=O)OC(C)(C)C)o2)C=C(C(=O)N2CCCC2c2nc(C)cs2)N1. The third kappa shape index (κ3) is 6.62. The van der Waals surface area contributed by atoms with E-state index < -0.39 is 17.2 Å². The Morgan fingerprint density at radius 3 is 2.64 bits per heavy atom. The summed E-state index contributed by atoms with van der Waals surface area (Å²) in [6.07, 6.45) is 5.01. The highest BCUT2D eigenvalue weighted by molar-refractivity contribution is 7.09. The fraction of sp³-hybridized carbons (Fsp3) is 0.387. The number of aromatic nitrogens is 3. The molecule has 2 atom stereocenters. The second-order valence-corrected chi connectivity index (χ2v) is 12.7. The fourth-order valence-electron chi connectivity index (χ4n) is 5.08. The Balaban J connectivity index is 1.41. The first-order valence-electron chi connectivity index (χ1n) is 13.9. The molecule has 10 nitrogen and oxygen atoms in total. The molecular formula is C31H36N6O4S. The summed E-state index contributed by atoms with van der Waals surface area (Å²) in [4.78, 5) is 33.0. The summed E-state index contributed by atoms with van der Waals surface area (Å²) in [7, 11) is 0. The Morgan fingerprint density at radius 1 is 1.19 bits per heavy atom. The topological polar surface area (TPSA) is 122 Å². The number of carbonyl (C=O) groups excluding carboxylic acids is 2. The average Bonchev–Trinajstić information content (AvgIpc) is 3.68. The second-order valence-electron chi connectivity index (χ2n) is 11.8. The Bertz CT molecular complexity index is 1550. The number of allylic oxidation sites excluding steroid dienone is 3. The lowest BCUT2D eigenvalue weighted by Crippen LogP contribution is -2.47. The first kappa shape index (κ1) is 29.2. The molecule has 0 saturated carbocycles. The van der Waals surface area contributed by atoms with Gasteiger partial charge in [-0.1, -0.05) is 36.9 Å². The van der Waals surface area contributed by atoms with E-state index in [2.05, 4.69) is 32.4 Å². The third-order valence-corrected chi connectivity index (χ3v) is 7.98. The highest BCUT2D eigenvalue weighted by Gasteiger charge is 2.38. The van der Waals surface area contributed by atoms with Crippen LogP contribution in [-0.4, -0.2) is 44.2 Å². The van der Waals surface area contributed by atoms with E-state index in [1.807, 2.05) is 54.5 Å². The number of likely N-dealkylation sites (tertiary alicyclic amines) is 1. The van der Waals surface area contributed by atoms with E-state index in [-0.39, 0.29) is 23.7 Å². The van der Waals surface area contributed by atoms with Crippen molar-refractivity contribution in [1.29, 1.82) is 0 Å². The minimum absolute atomic E-state index is 0.0610. The molecule has 0 aliphatic carbocycles. The molecule has 1 fully saturated rings. The van der Waals surface area contributed by atoms with Crippen LogP contribution in [0.1, 0.15) is 74.6 Å². The third-order valence-electron chi connectivity index (χ3n) is 6.91. The number of nitrogens with zero attached hydrogens (tertiary/aromatic N) is 4. The number of dihydropyridines is 1. The molecule has 2 aliphatic rings. The molecule has 0 spiro atoms. The van der Waals surface area contributed by atoms with Gasteiger partial charge >= 0.3 is 6.09 Å². The van der Waals surface area contributed by atoms with Crippen molar-refractivity contribution < 1.29 is 18.7 Å². The summed E-state index contributed by atoms with van der Waals surface area (Å²) >= 11 is 1.58. The standard InChI is InChI=1S/C31H36N6O4S/c1-19-15-22(16-23(32-19)27(38)37-14-10-13-24(37)26-33-20(2)18-42-26)25-35-36-28(40-25)31(6,17-21-11-8-7-9-12-21)34-29(39)41-30(3,4)5/h7-9,11-12,15-16,18,24,32H,1,10,13-14,17H2,2-6H3,(H,34,39). The number of amides is 2. The van der Waals surface area contributed by atoms with Crippen LogP contribution in [0.3, 0.4) is 0 Å². The lowest BCUT2D eigenvalue weighted by atomic mass is 9.92. The van der Waals surface area contributed by atoms with Gasteiger partial charge in [0.2, 0.25) is 11.8 Å². The van der Waals surface area contributed by atoms with Crippen LogP contribution >= 0.6 is 11.3 Å². The molecule has 5 rings (SSSR count). The maximum Gasteiger partial charge on any atom is 0.408 e. The molecule has 2 amide bonds. The van der Waals surface area contributed by atoms with E-state index in [0.717, 1.165) is 29.1 Å². The van der Waals surface area contributed by atoms with E-state index in [9.17, 15) is 9.59 Å². The van der Waals surface area contributed by atoms with Crippen molar-refractivity contribution in [2.45, 2.75) is 71.1 Å². The van der Waals surface area contributed by atoms with Gasteiger partial charge in [0.05, 0.1) is 6.04 Å². The Morgan fingerprint density at radius 2 is 1.95 bits per heavy atom. The average molecular weight is 589 g/mol. The number of carbonyl (C=O) groups is 2. The molecule has 1 saturated heterocycles. The van der Waals surface area contributed by atoms with Crippen LogP contribution in [0, 0.1) is 6.92 Å². The zero-order chi connectivity index (χ0) is 30.1. The molecule has 42 heavy (non-hydrogen) atoms. The van der Waals surface area contributed by atoms with Crippen LogP contribution in [0.25, 0.3) is 5.57 Å². The smallest absolute Gasteiger partial charge is 0.408 e. The molecule has 2 aromatic heterocycles. The summed E-state index contributed by atoms with van der Waals surface area (Å²) in [6, 6.07) is 9.65. The molecule has 4 heterocycles. The molecule has 2 unspecified atom stereocenters. The summed E-state index contributed by atoms with van der Waals surface area (Å²) < 4.78 is 11.7. The van der Waals surface area contributed by atoms with Crippen LogP contribution < -0.4 is 10.6 Å². The number of nitrogens with one attached hydrogen (secondary N) is 2. The van der Waals surface area contributed by atoms with Gasteiger partial charge in [-0.25, -0.2) is 9.78 Å². The van der Waals surface area contributed by atoms with Crippen LogP contribution in [0.4, 0.5) is 4.79 Å². The lowest BCUT2D eigenvalue weighted by molar-refractivity contribution is -0.128. The number of hydrogen-bond donors (Lipinski definition) is 2. The van der Waals surface area contributed by atoms with E-state index in [1.165, 1.54) is 0 Å². The number of rotatable bonds is 7. The number of aryl methyl sites for hydroxylation is 1. The van der Waals surface area contributed by atoms with Gasteiger partial charge in [0, 0.05) is 35.3 Å². The molecule has 11 heteroatoms. The van der Waals surface area contributed by atoms with E-state index >= 15 is 0 Å². The van der Waals surface area contributed by atoms with E-state index in [1.54, 1.807) is 44.3 Å². The molecule has 1 aromatic carbocycles. The van der Waals surface area contributed by atoms with Gasteiger partial charge in [-0.2, -0.15) is 0 Å². The van der Waals surface area contributed by atoms with Crippen molar-refractivity contribution in [1.82, 2.24) is 30.7 Å². The van der Waals surface area contributed by atoms with Gasteiger partial charge < -0.3 is 24.7 Å². The zero-order valence-corrected chi connectivity index (χ0v) is 25.4. The molecular weight excluding hydrogens is 552 g/mol. The number of alkyl carbamates (subject to hydrolysis) is 1. The van der Waals surface area contributed by atoms with Gasteiger partial charge in [-0.05, 0) is 65.2 Å². The Kier molecular flexibility index (Phi) is 8.05. The van der Waals surface area contributed by atoms with Gasteiger partial charge in [-0.15, -0.1) is 21.5 Å². The fourth-order valence-corrected chi connectivity index (χ4v) is 6.03. The molecule has 0 radical (unpaired) electrons. The molecule has 2 N–H and O–H groups in total. The van der Waals surface area contributed by atoms with Gasteiger partial charge in [-0.3, -0.25) is 4.79 Å². The highest BCUT2D eigenvalue weighted by atomic mass is 32.1. The predicted octanol–water partition coefficient (Wildman–Crippen LogP) is 5.57. The van der Waals surface area contributed by atoms with Crippen LogP contribution in [0.5, 0.6) is 0 Å². The molecule has 2 aliphatic heterocycles. The zero-order valence-electron chi connectivity index (χ0n) is 24.6. The van der Waals surface area contributed by atoms with Crippen LogP contribution in [-0.2, 0) is 21.5 Å².